The summed E-state index contributed by atoms with van der Waals surface area (Å²) in [7, 11) is 0. The molecule has 1 saturated heterocycles. The van der Waals surface area contributed by atoms with E-state index in [2.05, 4.69) is 27.7 Å². The Balaban J connectivity index is 2.33. The molecule has 0 N–H and O–H groups in total. The molecule has 0 radical (unpaired) electrons. The van der Waals surface area contributed by atoms with Crippen LogP contribution in [0.3, 0.4) is 0 Å². The molecule has 0 amide bonds. The Kier molecular flexibility index (Phi) is 3.74. The van der Waals surface area contributed by atoms with Crippen molar-refractivity contribution < 1.29 is 9.47 Å². The lowest BCUT2D eigenvalue weighted by atomic mass is 9.94. The van der Waals surface area contributed by atoms with Gasteiger partial charge in [0.25, 0.3) is 0 Å². The predicted octanol–water partition coefficient (Wildman–Crippen LogP) is 2.62. The summed E-state index contributed by atoms with van der Waals surface area (Å²) in [5.74, 6) is 0.688. The lowest BCUT2D eigenvalue weighted by Gasteiger charge is -2.32. The van der Waals surface area contributed by atoms with Crippen LogP contribution in [0.1, 0.15) is 40.5 Å². The number of hydrogen-bond acceptors (Lipinski definition) is 2. The lowest BCUT2D eigenvalue weighted by molar-refractivity contribution is -0.0947. The molecule has 78 valence electrons. The minimum Gasteiger partial charge on any atom is -0.381 e. The van der Waals surface area contributed by atoms with Gasteiger partial charge in [-0.3, -0.25) is 0 Å². The fraction of sp³-hybridized carbons (Fsp3) is 1.00. The van der Waals surface area contributed by atoms with E-state index in [1.54, 1.807) is 0 Å². The van der Waals surface area contributed by atoms with Crippen molar-refractivity contribution >= 4 is 0 Å². The third kappa shape index (κ3) is 4.10. The van der Waals surface area contributed by atoms with E-state index in [1.165, 1.54) is 0 Å². The molecule has 0 aliphatic carbocycles. The Morgan fingerprint density at radius 2 is 1.77 bits per heavy atom. The summed E-state index contributed by atoms with van der Waals surface area (Å²) < 4.78 is 11.2. The standard InChI is InChI=1S/C11H22O2/c1-9(13-11(2,3)4)10-5-7-12-8-6-10/h9-10H,5-8H2,1-4H3. The molecular formula is C11H22O2. The van der Waals surface area contributed by atoms with Crippen molar-refractivity contribution in [2.24, 2.45) is 5.92 Å². The van der Waals surface area contributed by atoms with Gasteiger partial charge in [0.1, 0.15) is 0 Å². The maximum absolute atomic E-state index is 5.92. The molecule has 0 spiro atoms. The molecule has 1 aliphatic heterocycles. The van der Waals surface area contributed by atoms with E-state index in [1.807, 2.05) is 0 Å². The summed E-state index contributed by atoms with van der Waals surface area (Å²) in [5, 5.41) is 0. The van der Waals surface area contributed by atoms with Crippen LogP contribution in [0.15, 0.2) is 0 Å². The van der Waals surface area contributed by atoms with Crippen molar-refractivity contribution in [2.45, 2.75) is 52.2 Å². The van der Waals surface area contributed by atoms with Gasteiger partial charge < -0.3 is 9.47 Å². The van der Waals surface area contributed by atoms with Crippen molar-refractivity contribution in [2.75, 3.05) is 13.2 Å². The predicted molar refractivity (Wildman–Crippen MR) is 53.8 cm³/mol. The van der Waals surface area contributed by atoms with Gasteiger partial charge >= 0.3 is 0 Å². The van der Waals surface area contributed by atoms with Gasteiger partial charge in [-0.1, -0.05) is 0 Å². The third-order valence-electron chi connectivity index (χ3n) is 2.47. The van der Waals surface area contributed by atoms with Crippen LogP contribution in [-0.4, -0.2) is 24.9 Å². The average molecular weight is 186 g/mol. The zero-order valence-corrected chi connectivity index (χ0v) is 9.30. The summed E-state index contributed by atoms with van der Waals surface area (Å²) >= 11 is 0. The Morgan fingerprint density at radius 3 is 2.23 bits per heavy atom. The van der Waals surface area contributed by atoms with Gasteiger partial charge in [0, 0.05) is 13.2 Å². The van der Waals surface area contributed by atoms with E-state index < -0.39 is 0 Å². The molecule has 0 aromatic heterocycles. The lowest BCUT2D eigenvalue weighted by Crippen LogP contribution is -2.33. The van der Waals surface area contributed by atoms with E-state index >= 15 is 0 Å². The smallest absolute Gasteiger partial charge is 0.0602 e. The zero-order chi connectivity index (χ0) is 9.90. The van der Waals surface area contributed by atoms with Crippen molar-refractivity contribution in [1.29, 1.82) is 0 Å². The van der Waals surface area contributed by atoms with Gasteiger partial charge in [-0.05, 0) is 46.5 Å². The SMILES string of the molecule is CC(OC(C)(C)C)C1CCOCC1. The van der Waals surface area contributed by atoms with E-state index in [4.69, 9.17) is 9.47 Å². The van der Waals surface area contributed by atoms with E-state index in [9.17, 15) is 0 Å². The van der Waals surface area contributed by atoms with Crippen LogP contribution >= 0.6 is 0 Å². The molecule has 0 bridgehead atoms. The highest BCUT2D eigenvalue weighted by Gasteiger charge is 2.24. The quantitative estimate of drug-likeness (QED) is 0.660. The van der Waals surface area contributed by atoms with Crippen LogP contribution in [-0.2, 0) is 9.47 Å². The second-order valence-corrected chi connectivity index (χ2v) is 4.89. The molecule has 2 nitrogen and oxygen atoms in total. The van der Waals surface area contributed by atoms with Crippen LogP contribution in [0.25, 0.3) is 0 Å². The first-order chi connectivity index (χ1) is 5.99. The molecule has 1 aliphatic rings. The Morgan fingerprint density at radius 1 is 1.23 bits per heavy atom. The summed E-state index contributed by atoms with van der Waals surface area (Å²) in [6.45, 7) is 10.3. The molecule has 13 heavy (non-hydrogen) atoms. The molecule has 1 rings (SSSR count). The number of hydrogen-bond donors (Lipinski definition) is 0. The highest BCUT2D eigenvalue weighted by molar-refractivity contribution is 4.72. The molecule has 0 aromatic carbocycles. The van der Waals surface area contributed by atoms with E-state index in [0.29, 0.717) is 12.0 Å². The highest BCUT2D eigenvalue weighted by Crippen LogP contribution is 2.24. The van der Waals surface area contributed by atoms with Crippen LogP contribution < -0.4 is 0 Å². The van der Waals surface area contributed by atoms with Crippen LogP contribution in [0.2, 0.25) is 0 Å². The topological polar surface area (TPSA) is 18.5 Å². The summed E-state index contributed by atoms with van der Waals surface area (Å²) in [6.07, 6.45) is 2.66. The average Bonchev–Trinajstić information content (AvgIpc) is 2.03. The van der Waals surface area contributed by atoms with Crippen LogP contribution in [0, 0.1) is 5.92 Å². The van der Waals surface area contributed by atoms with E-state index in [0.717, 1.165) is 26.1 Å². The fourth-order valence-electron chi connectivity index (χ4n) is 1.84. The highest BCUT2D eigenvalue weighted by atomic mass is 16.5. The van der Waals surface area contributed by atoms with Gasteiger partial charge in [-0.2, -0.15) is 0 Å². The first-order valence-corrected chi connectivity index (χ1v) is 5.24. The monoisotopic (exact) mass is 186 g/mol. The maximum atomic E-state index is 5.92. The molecule has 1 atom stereocenters. The Hall–Kier alpha value is -0.0800. The normalized spacial score (nSPS) is 23.1. The van der Waals surface area contributed by atoms with Gasteiger partial charge in [-0.25, -0.2) is 0 Å². The van der Waals surface area contributed by atoms with Crippen molar-refractivity contribution in [1.82, 2.24) is 0 Å². The van der Waals surface area contributed by atoms with E-state index in [-0.39, 0.29) is 5.60 Å². The molecule has 1 heterocycles. The molecule has 1 unspecified atom stereocenters. The van der Waals surface area contributed by atoms with Gasteiger partial charge in [0.2, 0.25) is 0 Å². The van der Waals surface area contributed by atoms with Crippen molar-refractivity contribution in [3.8, 4) is 0 Å². The number of rotatable bonds is 2. The molecule has 1 fully saturated rings. The van der Waals surface area contributed by atoms with Gasteiger partial charge in [0.15, 0.2) is 0 Å². The second kappa shape index (κ2) is 4.43. The van der Waals surface area contributed by atoms with Crippen LogP contribution in [0.5, 0.6) is 0 Å². The first kappa shape index (κ1) is 11.0. The first-order valence-electron chi connectivity index (χ1n) is 5.24. The summed E-state index contributed by atoms with van der Waals surface area (Å²) in [6, 6.07) is 0. The second-order valence-electron chi connectivity index (χ2n) is 4.89. The Bertz CT molecular complexity index is 143. The minimum absolute atomic E-state index is 0.0161. The molecule has 2 heteroatoms. The van der Waals surface area contributed by atoms with Gasteiger partial charge in [-0.15, -0.1) is 0 Å². The Labute approximate surface area is 81.6 Å². The largest absolute Gasteiger partial charge is 0.381 e. The van der Waals surface area contributed by atoms with Crippen molar-refractivity contribution in [3.05, 3.63) is 0 Å². The van der Waals surface area contributed by atoms with Gasteiger partial charge in [0.05, 0.1) is 11.7 Å². The summed E-state index contributed by atoms with van der Waals surface area (Å²) in [4.78, 5) is 0. The number of ether oxygens (including phenoxy) is 2. The molecular weight excluding hydrogens is 164 g/mol. The van der Waals surface area contributed by atoms with Crippen molar-refractivity contribution in [3.63, 3.8) is 0 Å². The maximum Gasteiger partial charge on any atom is 0.0602 e. The summed E-state index contributed by atoms with van der Waals surface area (Å²) in [5.41, 5.74) is -0.0161. The fourth-order valence-corrected chi connectivity index (χ4v) is 1.84. The molecule has 0 aromatic rings. The zero-order valence-electron chi connectivity index (χ0n) is 9.30. The minimum atomic E-state index is -0.0161. The molecule has 0 saturated carbocycles. The third-order valence-corrected chi connectivity index (χ3v) is 2.47. The van der Waals surface area contributed by atoms with Crippen LogP contribution in [0.4, 0.5) is 0 Å².